The fourth-order valence-electron chi connectivity index (χ4n) is 3.02. The van der Waals surface area contributed by atoms with E-state index < -0.39 is 71.3 Å². The van der Waals surface area contributed by atoms with Crippen molar-refractivity contribution >= 4 is 0 Å². The molecule has 0 bridgehead atoms. The van der Waals surface area contributed by atoms with Crippen molar-refractivity contribution in [3.8, 4) is 5.75 Å². The van der Waals surface area contributed by atoms with Gasteiger partial charge in [-0.3, -0.25) is 0 Å². The molecule has 1 aromatic rings. The first kappa shape index (κ1) is 34.8. The predicted molar refractivity (Wildman–Crippen MR) is 97.1 cm³/mol. The SMILES string of the molecule is CC(C)Oc1cccc(C(C)(O)CC(F)(F)C(F)(F)C(F)(F)C(F)(F)C(F)(F)C(F)(F)C(F)(F)C(F)(F)F)c1. The summed E-state index contributed by atoms with van der Waals surface area (Å²) < 4.78 is 233. The lowest BCUT2D eigenvalue weighted by molar-refractivity contribution is -0.462. The van der Waals surface area contributed by atoms with Gasteiger partial charge in [0, 0.05) is 0 Å². The lowest BCUT2D eigenvalue weighted by Crippen LogP contribution is -2.74. The van der Waals surface area contributed by atoms with Crippen molar-refractivity contribution in [1.29, 1.82) is 0 Å². The second-order valence-electron chi connectivity index (χ2n) is 8.79. The zero-order valence-corrected chi connectivity index (χ0v) is 19.4. The summed E-state index contributed by atoms with van der Waals surface area (Å²) >= 11 is 0. The van der Waals surface area contributed by atoms with Gasteiger partial charge in [-0.2, -0.15) is 74.6 Å². The number of halogens is 17. The summed E-state index contributed by atoms with van der Waals surface area (Å²) in [5.74, 6) is -57.4. The molecule has 0 heterocycles. The normalized spacial score (nSPS) is 16.9. The summed E-state index contributed by atoms with van der Waals surface area (Å²) in [7, 11) is 0. The van der Waals surface area contributed by atoms with E-state index in [4.69, 9.17) is 4.74 Å². The molecule has 0 aliphatic carbocycles. The Morgan fingerprint density at radius 2 is 1.03 bits per heavy atom. The standard InChI is InChI=1S/C20H17F17O2/c1-9(2)39-11-6-4-5-10(7-11)12(3,38)8-13(21,22)14(23,24)15(25,26)16(27,28)17(29,30)18(31,32)19(33,34)20(35,36)37/h4-7,9,38H,8H2,1-3H3. The molecule has 0 aliphatic rings. The molecule has 1 aromatic carbocycles. The van der Waals surface area contributed by atoms with Crippen molar-refractivity contribution in [2.45, 2.75) is 86.5 Å². The number of hydrogen-bond donors (Lipinski definition) is 1. The van der Waals surface area contributed by atoms with E-state index in [0.29, 0.717) is 12.1 Å². The maximum atomic E-state index is 14.3. The third-order valence-electron chi connectivity index (χ3n) is 5.18. The Hall–Kier alpha value is -2.21. The van der Waals surface area contributed by atoms with Gasteiger partial charge in [0.2, 0.25) is 0 Å². The molecule has 0 radical (unpaired) electrons. The molecule has 1 unspecified atom stereocenters. The van der Waals surface area contributed by atoms with Gasteiger partial charge in [0.25, 0.3) is 0 Å². The fourth-order valence-corrected chi connectivity index (χ4v) is 3.02. The van der Waals surface area contributed by atoms with Gasteiger partial charge in [-0.1, -0.05) is 12.1 Å². The molecule has 19 heteroatoms. The number of aliphatic hydroxyl groups is 1. The molecule has 0 saturated heterocycles. The van der Waals surface area contributed by atoms with Gasteiger partial charge in [0.15, 0.2) is 0 Å². The maximum Gasteiger partial charge on any atom is 0.460 e. The van der Waals surface area contributed by atoms with Gasteiger partial charge >= 0.3 is 47.6 Å². The summed E-state index contributed by atoms with van der Waals surface area (Å²) in [5.41, 5.74) is -4.22. The summed E-state index contributed by atoms with van der Waals surface area (Å²) in [4.78, 5) is 0. The highest BCUT2D eigenvalue weighted by atomic mass is 19.4. The number of hydrogen-bond acceptors (Lipinski definition) is 2. The molecular formula is C20H17F17O2. The van der Waals surface area contributed by atoms with Crippen molar-refractivity contribution in [2.24, 2.45) is 0 Å². The van der Waals surface area contributed by atoms with Crippen LogP contribution >= 0.6 is 0 Å². The zero-order valence-electron chi connectivity index (χ0n) is 19.4. The van der Waals surface area contributed by atoms with Crippen LogP contribution < -0.4 is 4.74 Å². The Labute approximate surface area is 207 Å². The summed E-state index contributed by atoms with van der Waals surface area (Å²) in [6.07, 6.45) is -11.4. The molecule has 1 rings (SSSR count). The predicted octanol–water partition coefficient (Wildman–Crippen LogP) is 8.08. The average Bonchev–Trinajstić information content (AvgIpc) is 2.71. The van der Waals surface area contributed by atoms with E-state index in [1.54, 1.807) is 0 Å². The van der Waals surface area contributed by atoms with Crippen LogP contribution in [0.5, 0.6) is 5.75 Å². The molecule has 0 spiro atoms. The Bertz CT molecular complexity index is 1010. The second kappa shape index (κ2) is 9.71. The minimum Gasteiger partial charge on any atom is -0.491 e. The van der Waals surface area contributed by atoms with E-state index >= 15 is 0 Å². The average molecular weight is 612 g/mol. The Balaban J connectivity index is 3.59. The van der Waals surface area contributed by atoms with E-state index in [-0.39, 0.29) is 12.7 Å². The topological polar surface area (TPSA) is 29.5 Å². The first-order valence-electron chi connectivity index (χ1n) is 10.1. The smallest absolute Gasteiger partial charge is 0.460 e. The molecular weight excluding hydrogens is 595 g/mol. The molecule has 0 amide bonds. The highest BCUT2D eigenvalue weighted by Gasteiger charge is 2.95. The molecule has 0 fully saturated rings. The van der Waals surface area contributed by atoms with Gasteiger partial charge in [0.1, 0.15) is 5.75 Å². The minimum absolute atomic E-state index is 0.231. The highest BCUT2D eigenvalue weighted by molar-refractivity contribution is 5.32. The van der Waals surface area contributed by atoms with E-state index in [1.807, 2.05) is 0 Å². The second-order valence-corrected chi connectivity index (χ2v) is 8.79. The minimum atomic E-state index is -8.70. The molecule has 39 heavy (non-hydrogen) atoms. The van der Waals surface area contributed by atoms with Crippen LogP contribution in [0, 0.1) is 0 Å². The van der Waals surface area contributed by atoms with Gasteiger partial charge in [-0.25, -0.2) is 0 Å². The van der Waals surface area contributed by atoms with Crippen LogP contribution in [0.2, 0.25) is 0 Å². The fraction of sp³-hybridized carbons (Fsp3) is 0.700. The van der Waals surface area contributed by atoms with Crippen LogP contribution in [0.1, 0.15) is 32.8 Å². The Kier molecular flexibility index (Phi) is 8.67. The maximum absolute atomic E-state index is 14.3. The molecule has 0 aromatic heterocycles. The number of alkyl halides is 17. The van der Waals surface area contributed by atoms with Crippen molar-refractivity contribution in [3.05, 3.63) is 29.8 Å². The van der Waals surface area contributed by atoms with Crippen molar-refractivity contribution in [1.82, 2.24) is 0 Å². The largest absolute Gasteiger partial charge is 0.491 e. The molecule has 228 valence electrons. The van der Waals surface area contributed by atoms with Gasteiger partial charge < -0.3 is 9.84 Å². The summed E-state index contributed by atoms with van der Waals surface area (Å²) in [6.45, 7) is 3.10. The quantitative estimate of drug-likeness (QED) is 0.256. The van der Waals surface area contributed by atoms with Crippen LogP contribution in [0.4, 0.5) is 74.6 Å². The molecule has 1 N–H and O–H groups in total. The lowest BCUT2D eigenvalue weighted by Gasteiger charge is -2.43. The number of rotatable bonds is 11. The van der Waals surface area contributed by atoms with Crippen LogP contribution in [-0.4, -0.2) is 58.8 Å². The van der Waals surface area contributed by atoms with Crippen molar-refractivity contribution < 1.29 is 84.5 Å². The third kappa shape index (κ3) is 5.42. The van der Waals surface area contributed by atoms with E-state index in [9.17, 15) is 79.7 Å². The van der Waals surface area contributed by atoms with E-state index in [1.165, 1.54) is 13.8 Å². The molecule has 0 aliphatic heterocycles. The van der Waals surface area contributed by atoms with E-state index in [0.717, 1.165) is 12.1 Å². The number of ether oxygens (including phenoxy) is 1. The summed E-state index contributed by atoms with van der Waals surface area (Å²) in [5, 5.41) is 10.2. The molecule has 1 atom stereocenters. The van der Waals surface area contributed by atoms with Crippen LogP contribution in [0.3, 0.4) is 0 Å². The van der Waals surface area contributed by atoms with Crippen LogP contribution in [0.15, 0.2) is 24.3 Å². The van der Waals surface area contributed by atoms with Crippen molar-refractivity contribution in [3.63, 3.8) is 0 Å². The monoisotopic (exact) mass is 612 g/mol. The molecule has 0 saturated carbocycles. The van der Waals surface area contributed by atoms with E-state index in [2.05, 4.69) is 0 Å². The zero-order chi connectivity index (χ0) is 31.5. The summed E-state index contributed by atoms with van der Waals surface area (Å²) in [6, 6.07) is 3.47. The first-order chi connectivity index (χ1) is 16.8. The van der Waals surface area contributed by atoms with Crippen LogP contribution in [-0.2, 0) is 5.60 Å². The van der Waals surface area contributed by atoms with Gasteiger partial charge in [-0.05, 0) is 38.5 Å². The van der Waals surface area contributed by atoms with Gasteiger partial charge in [0.05, 0.1) is 18.1 Å². The highest BCUT2D eigenvalue weighted by Crippen LogP contribution is 2.64. The van der Waals surface area contributed by atoms with Gasteiger partial charge in [-0.15, -0.1) is 0 Å². The Morgan fingerprint density at radius 3 is 1.41 bits per heavy atom. The Morgan fingerprint density at radius 1 is 0.641 bits per heavy atom. The third-order valence-corrected chi connectivity index (χ3v) is 5.18. The van der Waals surface area contributed by atoms with Crippen LogP contribution in [0.25, 0.3) is 0 Å². The number of benzene rings is 1. The lowest BCUT2D eigenvalue weighted by atomic mass is 9.83. The van der Waals surface area contributed by atoms with Crippen molar-refractivity contribution in [2.75, 3.05) is 0 Å². The first-order valence-corrected chi connectivity index (χ1v) is 10.1. The molecule has 2 nitrogen and oxygen atoms in total.